The summed E-state index contributed by atoms with van der Waals surface area (Å²) in [7, 11) is 0. The summed E-state index contributed by atoms with van der Waals surface area (Å²) in [5.41, 5.74) is -0.363. The Morgan fingerprint density at radius 2 is 1.91 bits per heavy atom. The van der Waals surface area contributed by atoms with Gasteiger partial charge >= 0.3 is 12.1 Å². The molecule has 1 aromatic rings. The van der Waals surface area contributed by atoms with Gasteiger partial charge in [0.25, 0.3) is 0 Å². The van der Waals surface area contributed by atoms with E-state index in [1.807, 2.05) is 0 Å². The zero-order chi connectivity index (χ0) is 15.9. The summed E-state index contributed by atoms with van der Waals surface area (Å²) in [5.74, 6) is -0.801. The molecule has 0 amide bonds. The van der Waals surface area contributed by atoms with Crippen molar-refractivity contribution in [2.75, 3.05) is 0 Å². The van der Waals surface area contributed by atoms with E-state index in [0.717, 1.165) is 12.2 Å². The number of carbonyl (C=O) groups is 1. The molecule has 3 nitrogen and oxygen atoms in total. The van der Waals surface area contributed by atoms with E-state index in [-0.39, 0.29) is 12.2 Å². The average molecular weight is 308 g/mol. The van der Waals surface area contributed by atoms with E-state index in [4.69, 9.17) is 9.84 Å². The number of halogens is 3. The normalized spacial score (nSPS) is 20.0. The van der Waals surface area contributed by atoms with Crippen molar-refractivity contribution >= 4 is 17.3 Å². The molecule has 1 aliphatic carbocycles. The highest BCUT2D eigenvalue weighted by atomic mass is 19.4. The van der Waals surface area contributed by atoms with Crippen molar-refractivity contribution in [3.63, 3.8) is 0 Å². The topological polar surface area (TPSA) is 46.5 Å². The van der Waals surface area contributed by atoms with Gasteiger partial charge in [-0.3, -0.25) is 4.79 Å². The first-order valence-electron chi connectivity index (χ1n) is 6.54. The summed E-state index contributed by atoms with van der Waals surface area (Å²) < 4.78 is 44.2. The van der Waals surface area contributed by atoms with E-state index >= 15 is 0 Å². The zero-order valence-corrected chi connectivity index (χ0v) is 11.2. The van der Waals surface area contributed by atoms with Crippen LogP contribution in [0.5, 0.6) is 0 Å². The van der Waals surface area contributed by atoms with Crippen LogP contribution >= 0.6 is 0 Å². The van der Waals surface area contributed by atoms with Gasteiger partial charge in [-0.1, -0.05) is 30.3 Å². The lowest BCUT2D eigenvalue weighted by atomic mass is 9.94. The van der Waals surface area contributed by atoms with Crippen LogP contribution in [-0.2, 0) is 9.53 Å². The summed E-state index contributed by atoms with van der Waals surface area (Å²) in [4.78, 5) is 10.9. The molecule has 1 N–H and O–H groups in total. The third kappa shape index (κ3) is 2.52. The number of hydrogen-bond acceptors (Lipinski definition) is 2. The van der Waals surface area contributed by atoms with Gasteiger partial charge in [0, 0.05) is 10.8 Å². The molecule has 0 spiro atoms. The molecule has 1 atom stereocenters. The molecular weight excluding hydrogens is 297 g/mol. The Labute approximate surface area is 123 Å². The molecule has 0 fully saturated rings. The van der Waals surface area contributed by atoms with Crippen molar-refractivity contribution in [3.8, 4) is 0 Å². The number of allylic oxidation sites excluding steroid dienone is 2. The van der Waals surface area contributed by atoms with Gasteiger partial charge in [-0.2, -0.15) is 13.2 Å². The highest BCUT2D eigenvalue weighted by Crippen LogP contribution is 2.33. The lowest BCUT2D eigenvalue weighted by Crippen LogP contribution is -2.39. The minimum absolute atomic E-state index is 0.255. The fraction of sp³-hybridized carbons (Fsp3) is 0.188. The van der Waals surface area contributed by atoms with Crippen molar-refractivity contribution in [1.82, 2.24) is 0 Å². The summed E-state index contributed by atoms with van der Waals surface area (Å²) in [6, 6.07) is 6.71. The number of ether oxygens (including phenoxy) is 1. The molecule has 0 radical (unpaired) electrons. The molecule has 2 aliphatic rings. The summed E-state index contributed by atoms with van der Waals surface area (Å²) in [6.07, 6.45) is -2.13. The van der Waals surface area contributed by atoms with Crippen molar-refractivity contribution < 1.29 is 27.8 Å². The van der Waals surface area contributed by atoms with Gasteiger partial charge in [-0.25, -0.2) is 0 Å². The molecule has 1 unspecified atom stereocenters. The van der Waals surface area contributed by atoms with Crippen LogP contribution in [-0.4, -0.2) is 23.4 Å². The summed E-state index contributed by atoms with van der Waals surface area (Å²) in [6.45, 7) is 0. The molecule has 0 saturated heterocycles. The first-order valence-corrected chi connectivity index (χ1v) is 6.54. The molecule has 22 heavy (non-hydrogen) atoms. The second-order valence-corrected chi connectivity index (χ2v) is 4.99. The van der Waals surface area contributed by atoms with E-state index in [2.05, 4.69) is 0 Å². The van der Waals surface area contributed by atoms with Crippen LogP contribution in [0.25, 0.3) is 11.3 Å². The number of alkyl halides is 3. The van der Waals surface area contributed by atoms with E-state index in [1.165, 1.54) is 6.08 Å². The first-order chi connectivity index (χ1) is 10.4. The van der Waals surface area contributed by atoms with Gasteiger partial charge in [-0.05, 0) is 17.4 Å². The first kappa shape index (κ1) is 14.4. The monoisotopic (exact) mass is 308 g/mol. The van der Waals surface area contributed by atoms with Gasteiger partial charge in [-0.15, -0.1) is 0 Å². The standard InChI is InChI=1S/C16H11F3O3/c17-16(18,19)9-5-6-13-12(7-9)10-3-1-2-4-11(10)14(22-13)8-15(20)21/h1-7,13H,8H2,(H,20,21). The Morgan fingerprint density at radius 3 is 2.55 bits per heavy atom. The Bertz CT molecular complexity index is 816. The van der Waals surface area contributed by atoms with E-state index in [9.17, 15) is 18.0 Å². The van der Waals surface area contributed by atoms with Crippen molar-refractivity contribution in [2.24, 2.45) is 0 Å². The number of carboxylic acids is 1. The Kier molecular flexibility index (Phi) is 3.31. The quantitative estimate of drug-likeness (QED) is 0.907. The van der Waals surface area contributed by atoms with E-state index < -0.39 is 23.8 Å². The van der Waals surface area contributed by atoms with Gasteiger partial charge in [0.15, 0.2) is 0 Å². The molecule has 1 aliphatic heterocycles. The highest BCUT2D eigenvalue weighted by Gasteiger charge is 2.35. The second-order valence-electron chi connectivity index (χ2n) is 4.99. The van der Waals surface area contributed by atoms with Crippen molar-refractivity contribution in [1.29, 1.82) is 0 Å². The Morgan fingerprint density at radius 1 is 1.23 bits per heavy atom. The number of fused-ring (bicyclic) bond motifs is 2. The molecule has 114 valence electrons. The van der Waals surface area contributed by atoms with Crippen molar-refractivity contribution in [2.45, 2.75) is 18.7 Å². The van der Waals surface area contributed by atoms with Crippen LogP contribution in [0.4, 0.5) is 13.2 Å². The zero-order valence-electron chi connectivity index (χ0n) is 11.2. The van der Waals surface area contributed by atoms with Gasteiger partial charge in [0.1, 0.15) is 18.3 Å². The third-order valence-corrected chi connectivity index (χ3v) is 3.51. The fourth-order valence-corrected chi connectivity index (χ4v) is 2.57. The number of carboxylic acid groups (broad SMARTS) is 1. The van der Waals surface area contributed by atoms with Crippen molar-refractivity contribution in [3.05, 3.63) is 58.5 Å². The molecule has 6 heteroatoms. The average Bonchev–Trinajstić information content (AvgIpc) is 2.45. The SMILES string of the molecule is O=C(O)CC1=c2ccccc2=C2C=C(C(F)(F)F)C=CC2O1. The molecule has 3 rings (SSSR count). The van der Waals surface area contributed by atoms with E-state index in [1.54, 1.807) is 24.3 Å². The van der Waals surface area contributed by atoms with Gasteiger partial charge in [0.2, 0.25) is 0 Å². The maximum absolute atomic E-state index is 12.9. The van der Waals surface area contributed by atoms with Gasteiger partial charge < -0.3 is 9.84 Å². The fourth-order valence-electron chi connectivity index (χ4n) is 2.57. The predicted molar refractivity (Wildman–Crippen MR) is 72.9 cm³/mol. The highest BCUT2D eigenvalue weighted by molar-refractivity contribution is 5.78. The molecule has 1 heterocycles. The molecule has 1 aromatic carbocycles. The largest absolute Gasteiger partial charge is 0.485 e. The van der Waals surface area contributed by atoms with Crippen LogP contribution in [0, 0.1) is 0 Å². The maximum Gasteiger partial charge on any atom is 0.416 e. The summed E-state index contributed by atoms with van der Waals surface area (Å²) in [5, 5.41) is 10.0. The smallest absolute Gasteiger partial charge is 0.416 e. The van der Waals surface area contributed by atoms with Crippen LogP contribution in [0.3, 0.4) is 0 Å². The number of hydrogen-bond donors (Lipinski definition) is 1. The molecule has 0 bridgehead atoms. The number of aliphatic carboxylic acids is 1. The lowest BCUT2D eigenvalue weighted by Gasteiger charge is -2.26. The number of benzene rings is 1. The van der Waals surface area contributed by atoms with Gasteiger partial charge in [0.05, 0.1) is 5.57 Å². The lowest BCUT2D eigenvalue weighted by molar-refractivity contribution is -0.136. The Hall–Kier alpha value is -2.50. The second kappa shape index (κ2) is 5.05. The predicted octanol–water partition coefficient (Wildman–Crippen LogP) is 1.88. The minimum Gasteiger partial charge on any atom is -0.485 e. The van der Waals surface area contributed by atoms with Crippen LogP contribution < -0.4 is 10.4 Å². The summed E-state index contributed by atoms with van der Waals surface area (Å²) >= 11 is 0. The van der Waals surface area contributed by atoms with Crippen LogP contribution in [0.1, 0.15) is 6.42 Å². The van der Waals surface area contributed by atoms with Crippen LogP contribution in [0.15, 0.2) is 48.1 Å². The number of rotatable bonds is 2. The molecule has 0 aromatic heterocycles. The van der Waals surface area contributed by atoms with Crippen LogP contribution in [0.2, 0.25) is 0 Å². The minimum atomic E-state index is -4.44. The molecular formula is C16H11F3O3. The van der Waals surface area contributed by atoms with E-state index in [0.29, 0.717) is 16.0 Å². The Balaban J connectivity index is 2.26. The maximum atomic E-state index is 12.9. The third-order valence-electron chi connectivity index (χ3n) is 3.51. The molecule has 0 saturated carbocycles.